The summed E-state index contributed by atoms with van der Waals surface area (Å²) in [6, 6.07) is 3.69. The fraction of sp³-hybridized carbons (Fsp3) is 0.111. The van der Waals surface area contributed by atoms with Gasteiger partial charge in [0, 0.05) is 16.8 Å². The monoisotopic (exact) mass is 283 g/mol. The molecule has 2 heterocycles. The molecule has 0 N–H and O–H groups in total. The summed E-state index contributed by atoms with van der Waals surface area (Å²) >= 11 is 2.26. The molecule has 3 nitrogen and oxygen atoms in total. The summed E-state index contributed by atoms with van der Waals surface area (Å²) in [5.74, 6) is 0.449. The third-order valence-electron chi connectivity index (χ3n) is 1.87. The van der Waals surface area contributed by atoms with E-state index in [9.17, 15) is 0 Å². The lowest BCUT2D eigenvalue weighted by atomic mass is 10.3. The van der Waals surface area contributed by atoms with Crippen molar-refractivity contribution >= 4 is 39.4 Å². The van der Waals surface area contributed by atoms with Crippen molar-refractivity contribution < 1.29 is 0 Å². The minimum Gasteiger partial charge on any atom is -0.361 e. The molecule has 0 aliphatic heterocycles. The fourth-order valence-corrected chi connectivity index (χ4v) is 2.10. The summed E-state index contributed by atoms with van der Waals surface area (Å²) in [6.45, 7) is 6.85. The lowest BCUT2D eigenvalue weighted by Crippen LogP contribution is -1.86. The van der Waals surface area contributed by atoms with Crippen molar-refractivity contribution in [2.24, 2.45) is 7.05 Å². The smallest absolute Gasteiger partial charge is 0.271 e. The maximum absolute atomic E-state index is 6.85. The number of nitrogens with zero attached hydrogens (tertiary/aromatic N) is 3. The molecule has 0 saturated carbocycles. The molecule has 2 aromatic heterocycles. The summed E-state index contributed by atoms with van der Waals surface area (Å²) in [5, 5.41) is 1.11. The maximum atomic E-state index is 6.85. The van der Waals surface area contributed by atoms with Crippen molar-refractivity contribution in [1.29, 1.82) is 0 Å². The first-order valence-electron chi connectivity index (χ1n) is 3.71. The van der Waals surface area contributed by atoms with Crippen LogP contribution >= 0.6 is 22.6 Å². The maximum Gasteiger partial charge on any atom is 0.271 e. The first kappa shape index (κ1) is 8.51. The third-order valence-corrected chi connectivity index (χ3v) is 2.73. The number of fused-ring (bicyclic) bond motifs is 1. The van der Waals surface area contributed by atoms with Gasteiger partial charge in [-0.3, -0.25) is 0 Å². The molecule has 0 fully saturated rings. The quantitative estimate of drug-likeness (QED) is 0.538. The summed E-state index contributed by atoms with van der Waals surface area (Å²) in [7, 11) is 1.94. The van der Waals surface area contributed by atoms with Gasteiger partial charge in [-0.1, -0.05) is 12.6 Å². The van der Waals surface area contributed by atoms with E-state index in [1.54, 1.807) is 6.07 Å². The van der Waals surface area contributed by atoms with E-state index >= 15 is 0 Å². The van der Waals surface area contributed by atoms with Gasteiger partial charge in [0.05, 0.1) is 5.39 Å². The molecule has 2 rings (SSSR count). The number of aryl methyl sites for hydroxylation is 1. The second-order valence-electron chi connectivity index (χ2n) is 2.74. The van der Waals surface area contributed by atoms with E-state index in [-0.39, 0.29) is 0 Å². The minimum absolute atomic E-state index is 0.449. The zero-order valence-corrected chi connectivity index (χ0v) is 9.11. The van der Waals surface area contributed by atoms with Crippen molar-refractivity contribution in [3.8, 4) is 0 Å². The van der Waals surface area contributed by atoms with Crippen molar-refractivity contribution in [1.82, 2.24) is 9.55 Å². The van der Waals surface area contributed by atoms with Crippen LogP contribution in [-0.2, 0) is 7.05 Å². The van der Waals surface area contributed by atoms with Crippen molar-refractivity contribution in [3.05, 3.63) is 33.3 Å². The summed E-state index contributed by atoms with van der Waals surface area (Å²) in [4.78, 5) is 7.51. The predicted molar refractivity (Wildman–Crippen MR) is 59.7 cm³/mol. The number of hydrogen-bond acceptors (Lipinski definition) is 1. The van der Waals surface area contributed by atoms with Gasteiger partial charge in [0.25, 0.3) is 5.82 Å². The van der Waals surface area contributed by atoms with Crippen LogP contribution in [0.5, 0.6) is 0 Å². The van der Waals surface area contributed by atoms with E-state index in [0.29, 0.717) is 5.82 Å². The van der Waals surface area contributed by atoms with E-state index in [1.165, 1.54) is 3.57 Å². The average molecular weight is 283 g/mol. The molecule has 0 radical (unpaired) electrons. The molecule has 0 amide bonds. The molecule has 0 aliphatic rings. The van der Waals surface area contributed by atoms with Gasteiger partial charge in [0.1, 0.15) is 0 Å². The molecule has 4 heteroatoms. The Hall–Kier alpha value is -1.09. The third kappa shape index (κ3) is 1.29. The Kier molecular flexibility index (Phi) is 1.96. The summed E-state index contributed by atoms with van der Waals surface area (Å²) < 4.78 is 3.10. The molecule has 0 spiro atoms. The zero-order chi connectivity index (χ0) is 9.42. The van der Waals surface area contributed by atoms with Crippen molar-refractivity contribution in [3.63, 3.8) is 0 Å². The lowest BCUT2D eigenvalue weighted by Gasteiger charge is -1.90. The second kappa shape index (κ2) is 3.00. The van der Waals surface area contributed by atoms with Gasteiger partial charge in [-0.15, -0.1) is 4.98 Å². The molecule has 0 unspecified atom stereocenters. The zero-order valence-electron chi connectivity index (χ0n) is 6.95. The van der Waals surface area contributed by atoms with Gasteiger partial charge >= 0.3 is 0 Å². The highest BCUT2D eigenvalue weighted by Crippen LogP contribution is 2.22. The Labute approximate surface area is 89.3 Å². The van der Waals surface area contributed by atoms with Crippen LogP contribution in [0.3, 0.4) is 0 Å². The topological polar surface area (TPSA) is 22.2 Å². The number of aromatic nitrogens is 2. The Morgan fingerprint density at radius 3 is 3.00 bits per heavy atom. The molecule has 13 heavy (non-hydrogen) atoms. The minimum atomic E-state index is 0.449. The van der Waals surface area contributed by atoms with Crippen LogP contribution in [0.25, 0.3) is 15.9 Å². The van der Waals surface area contributed by atoms with Gasteiger partial charge in [-0.05, 0) is 28.7 Å². The highest BCUT2D eigenvalue weighted by molar-refractivity contribution is 14.1. The average Bonchev–Trinajstić information content (AvgIpc) is 2.42. The molecule has 64 valence electrons. The lowest BCUT2D eigenvalue weighted by molar-refractivity contribution is 0.948. The normalized spacial score (nSPS) is 10.2. The Balaban J connectivity index is 2.86. The molecule has 2 aromatic rings. The Morgan fingerprint density at radius 2 is 2.31 bits per heavy atom. The number of pyridine rings is 1. The second-order valence-corrected chi connectivity index (χ2v) is 3.90. The van der Waals surface area contributed by atoms with Crippen LogP contribution in [0.15, 0.2) is 18.3 Å². The number of hydrogen-bond donors (Lipinski definition) is 0. The molecular weight excluding hydrogens is 277 g/mol. The first-order valence-corrected chi connectivity index (χ1v) is 4.79. The first-order chi connectivity index (χ1) is 6.22. The highest BCUT2D eigenvalue weighted by atomic mass is 127. The van der Waals surface area contributed by atoms with E-state index in [2.05, 4.69) is 32.4 Å². The van der Waals surface area contributed by atoms with Crippen LogP contribution in [0.1, 0.15) is 0 Å². The largest absolute Gasteiger partial charge is 0.361 e. The molecule has 0 atom stereocenters. The Morgan fingerprint density at radius 1 is 1.54 bits per heavy atom. The molecule has 0 aromatic carbocycles. The van der Waals surface area contributed by atoms with Crippen LogP contribution < -0.4 is 0 Å². The predicted octanol–water partition coefficient (Wildman–Crippen LogP) is 2.73. The van der Waals surface area contributed by atoms with Crippen LogP contribution in [-0.4, -0.2) is 9.55 Å². The van der Waals surface area contributed by atoms with Gasteiger partial charge in [-0.2, -0.15) is 0 Å². The van der Waals surface area contributed by atoms with E-state index in [1.807, 2.05) is 23.9 Å². The summed E-state index contributed by atoms with van der Waals surface area (Å²) in [5.41, 5.74) is 0.873. The van der Waals surface area contributed by atoms with E-state index in [0.717, 1.165) is 11.0 Å². The number of halogens is 1. The Bertz CT molecular complexity index is 507. The highest BCUT2D eigenvalue weighted by Gasteiger charge is 2.08. The van der Waals surface area contributed by atoms with Gasteiger partial charge in [0.2, 0.25) is 5.65 Å². The van der Waals surface area contributed by atoms with Crippen molar-refractivity contribution in [2.75, 3.05) is 0 Å². The molecule has 0 saturated heterocycles. The molecular formula is C9H6IN3. The standard InChI is InChI=1S/C9H6IN3/c1-11-8-4-3-6-7(10)5-13(2)9(6)12-8/h3-5H,2H3. The van der Waals surface area contributed by atoms with Crippen LogP contribution in [0.2, 0.25) is 0 Å². The van der Waals surface area contributed by atoms with Gasteiger partial charge in [-0.25, -0.2) is 0 Å². The molecule has 0 bridgehead atoms. The number of rotatable bonds is 0. The van der Waals surface area contributed by atoms with Gasteiger partial charge in [0.15, 0.2) is 0 Å². The van der Waals surface area contributed by atoms with Gasteiger partial charge < -0.3 is 9.41 Å². The van der Waals surface area contributed by atoms with Crippen LogP contribution in [0.4, 0.5) is 5.82 Å². The molecule has 0 aliphatic carbocycles. The fourth-order valence-electron chi connectivity index (χ4n) is 1.26. The SMILES string of the molecule is [C-]#[N+]c1ccc2c(I)cn(C)c2n1. The van der Waals surface area contributed by atoms with E-state index < -0.39 is 0 Å². The van der Waals surface area contributed by atoms with Crippen molar-refractivity contribution in [2.45, 2.75) is 0 Å². The summed E-state index contributed by atoms with van der Waals surface area (Å²) in [6.07, 6.45) is 2.01. The van der Waals surface area contributed by atoms with E-state index in [4.69, 9.17) is 6.57 Å². The van der Waals surface area contributed by atoms with Crippen LogP contribution in [0, 0.1) is 10.1 Å².